The van der Waals surface area contributed by atoms with E-state index < -0.39 is 5.91 Å². The van der Waals surface area contributed by atoms with E-state index in [1.807, 2.05) is 26.2 Å². The second-order valence-electron chi connectivity index (χ2n) is 9.54. The van der Waals surface area contributed by atoms with Crippen LogP contribution in [0.3, 0.4) is 0 Å². The Morgan fingerprint density at radius 3 is 2.62 bits per heavy atom. The SMILES string of the molecule is Cc1ncc(NC(=O)CN2CC(C)(C)C2)cc1-c1c(-c2cnn(C)c2)sc2c(C(N)=O)cnn12. The van der Waals surface area contributed by atoms with E-state index in [1.165, 1.54) is 17.5 Å². The molecule has 5 rings (SSSR count). The maximum absolute atomic E-state index is 12.6. The molecule has 1 aliphatic rings. The van der Waals surface area contributed by atoms with Gasteiger partial charge in [0.2, 0.25) is 5.91 Å². The molecule has 0 spiro atoms. The fourth-order valence-electron chi connectivity index (χ4n) is 4.50. The number of carbonyl (C=O) groups excluding carboxylic acids is 2. The summed E-state index contributed by atoms with van der Waals surface area (Å²) in [5, 5.41) is 11.7. The van der Waals surface area contributed by atoms with Gasteiger partial charge in [0, 0.05) is 43.2 Å². The molecule has 0 atom stereocenters. The van der Waals surface area contributed by atoms with Crippen molar-refractivity contribution >= 4 is 33.7 Å². The van der Waals surface area contributed by atoms with Gasteiger partial charge in [-0.1, -0.05) is 13.8 Å². The number of nitrogens with zero attached hydrogens (tertiary/aromatic N) is 6. The predicted octanol–water partition coefficient (Wildman–Crippen LogP) is 2.55. The van der Waals surface area contributed by atoms with E-state index in [4.69, 9.17) is 5.73 Å². The Kier molecular flexibility index (Phi) is 5.25. The van der Waals surface area contributed by atoms with Crippen LogP contribution in [0.15, 0.2) is 30.9 Å². The molecule has 4 aromatic heterocycles. The van der Waals surface area contributed by atoms with Crippen molar-refractivity contribution in [1.29, 1.82) is 0 Å². The molecule has 1 saturated heterocycles. The number of hydrogen-bond acceptors (Lipinski definition) is 7. The molecule has 5 heterocycles. The molecule has 0 radical (unpaired) electrons. The van der Waals surface area contributed by atoms with Gasteiger partial charge in [-0.25, -0.2) is 4.52 Å². The van der Waals surface area contributed by atoms with Crippen LogP contribution in [0.1, 0.15) is 29.9 Å². The third-order valence-electron chi connectivity index (χ3n) is 5.88. The smallest absolute Gasteiger partial charge is 0.253 e. The number of aryl methyl sites for hydroxylation is 2. The molecule has 1 aliphatic heterocycles. The fraction of sp³-hybridized carbons (Fsp3) is 0.348. The number of carbonyl (C=O) groups is 2. The van der Waals surface area contributed by atoms with Gasteiger partial charge in [0.15, 0.2) is 0 Å². The first-order valence-corrected chi connectivity index (χ1v) is 11.7. The van der Waals surface area contributed by atoms with Crippen molar-refractivity contribution in [1.82, 2.24) is 29.3 Å². The van der Waals surface area contributed by atoms with E-state index in [0.717, 1.165) is 40.5 Å². The zero-order chi connectivity index (χ0) is 24.2. The summed E-state index contributed by atoms with van der Waals surface area (Å²) in [4.78, 5) is 32.8. The second kappa shape index (κ2) is 8.03. The average molecular weight is 479 g/mol. The molecule has 176 valence electrons. The Hall–Kier alpha value is -3.57. The highest BCUT2D eigenvalue weighted by atomic mass is 32.1. The second-order valence-corrected chi connectivity index (χ2v) is 10.5. The number of anilines is 1. The van der Waals surface area contributed by atoms with Gasteiger partial charge in [0.05, 0.1) is 47.0 Å². The molecule has 2 amide bonds. The van der Waals surface area contributed by atoms with Gasteiger partial charge in [-0.05, 0) is 18.4 Å². The molecular weight excluding hydrogens is 452 g/mol. The Bertz CT molecular complexity index is 1420. The monoisotopic (exact) mass is 478 g/mol. The third kappa shape index (κ3) is 3.97. The van der Waals surface area contributed by atoms with Crippen molar-refractivity contribution in [2.24, 2.45) is 18.2 Å². The summed E-state index contributed by atoms with van der Waals surface area (Å²) in [6, 6.07) is 1.90. The van der Waals surface area contributed by atoms with Crippen molar-refractivity contribution in [2.45, 2.75) is 20.8 Å². The number of likely N-dealkylation sites (tertiary alicyclic amines) is 1. The van der Waals surface area contributed by atoms with Crippen molar-refractivity contribution in [3.8, 4) is 21.7 Å². The summed E-state index contributed by atoms with van der Waals surface area (Å²) >= 11 is 1.42. The summed E-state index contributed by atoms with van der Waals surface area (Å²) in [5.41, 5.74) is 10.0. The van der Waals surface area contributed by atoms with Crippen LogP contribution in [0.25, 0.3) is 26.5 Å². The molecule has 0 aromatic carbocycles. The first kappa shape index (κ1) is 22.2. The predicted molar refractivity (Wildman–Crippen MR) is 131 cm³/mol. The standard InChI is InChI=1S/C23H26N8O2S/c1-13-16(5-15(7-25-13)28-18(32)10-30-11-23(2,3)12-30)19-20(14-6-26-29(4)9-14)34-22-17(21(24)33)8-27-31(19)22/h5-9H,10-12H2,1-4H3,(H2,24,33)(H,28,32). The average Bonchev–Trinajstić information content (AvgIpc) is 3.42. The summed E-state index contributed by atoms with van der Waals surface area (Å²) < 4.78 is 3.43. The first-order chi connectivity index (χ1) is 16.1. The Morgan fingerprint density at radius 2 is 1.97 bits per heavy atom. The molecular formula is C23H26N8O2S. The van der Waals surface area contributed by atoms with Gasteiger partial charge in [0.25, 0.3) is 5.91 Å². The highest BCUT2D eigenvalue weighted by molar-refractivity contribution is 7.21. The van der Waals surface area contributed by atoms with Crippen LogP contribution in [-0.2, 0) is 11.8 Å². The van der Waals surface area contributed by atoms with Crippen LogP contribution >= 0.6 is 11.3 Å². The third-order valence-corrected chi connectivity index (χ3v) is 7.10. The Labute approximate surface area is 200 Å². The van der Waals surface area contributed by atoms with Crippen molar-refractivity contribution in [3.05, 3.63) is 42.1 Å². The van der Waals surface area contributed by atoms with E-state index in [1.54, 1.807) is 21.6 Å². The maximum Gasteiger partial charge on any atom is 0.253 e. The number of primary amides is 1. The van der Waals surface area contributed by atoms with Crippen LogP contribution in [0.2, 0.25) is 0 Å². The molecule has 0 unspecified atom stereocenters. The van der Waals surface area contributed by atoms with Gasteiger partial charge >= 0.3 is 0 Å². The molecule has 0 saturated carbocycles. The Balaban J connectivity index is 1.54. The van der Waals surface area contributed by atoms with Crippen LogP contribution in [-0.4, -0.2) is 60.7 Å². The molecule has 34 heavy (non-hydrogen) atoms. The van der Waals surface area contributed by atoms with Gasteiger partial charge in [-0.2, -0.15) is 10.2 Å². The number of fused-ring (bicyclic) bond motifs is 1. The molecule has 4 aromatic rings. The number of thiazole rings is 1. The highest BCUT2D eigenvalue weighted by Crippen LogP contribution is 2.41. The summed E-state index contributed by atoms with van der Waals surface area (Å²) in [7, 11) is 1.85. The summed E-state index contributed by atoms with van der Waals surface area (Å²) in [6.45, 7) is 8.44. The minimum Gasteiger partial charge on any atom is -0.365 e. The van der Waals surface area contributed by atoms with Gasteiger partial charge in [0.1, 0.15) is 4.83 Å². The van der Waals surface area contributed by atoms with E-state index in [9.17, 15) is 9.59 Å². The van der Waals surface area contributed by atoms with Crippen molar-refractivity contribution < 1.29 is 9.59 Å². The zero-order valence-corrected chi connectivity index (χ0v) is 20.3. The number of nitrogens with one attached hydrogen (secondary N) is 1. The van der Waals surface area contributed by atoms with Crippen LogP contribution in [0.5, 0.6) is 0 Å². The lowest BCUT2D eigenvalue weighted by Gasteiger charge is -2.45. The number of aromatic nitrogens is 5. The number of hydrogen-bond donors (Lipinski definition) is 2. The van der Waals surface area contributed by atoms with E-state index in [0.29, 0.717) is 22.6 Å². The fourth-order valence-corrected chi connectivity index (χ4v) is 5.69. The topological polar surface area (TPSA) is 123 Å². The quantitative estimate of drug-likeness (QED) is 0.439. The summed E-state index contributed by atoms with van der Waals surface area (Å²) in [5.74, 6) is -0.615. The molecule has 11 heteroatoms. The van der Waals surface area contributed by atoms with Crippen molar-refractivity contribution in [2.75, 3.05) is 25.0 Å². The zero-order valence-electron chi connectivity index (χ0n) is 19.5. The molecule has 0 bridgehead atoms. The molecule has 1 fully saturated rings. The van der Waals surface area contributed by atoms with Crippen molar-refractivity contribution in [3.63, 3.8) is 0 Å². The first-order valence-electron chi connectivity index (χ1n) is 10.9. The minimum absolute atomic E-state index is 0.0786. The van der Waals surface area contributed by atoms with Crippen LogP contribution in [0.4, 0.5) is 5.69 Å². The van der Waals surface area contributed by atoms with Gasteiger partial charge in [-0.3, -0.25) is 24.2 Å². The minimum atomic E-state index is -0.537. The number of rotatable bonds is 6. The highest BCUT2D eigenvalue weighted by Gasteiger charge is 2.34. The lowest BCUT2D eigenvalue weighted by atomic mass is 9.84. The molecule has 3 N–H and O–H groups in total. The normalized spacial score (nSPS) is 15.4. The summed E-state index contributed by atoms with van der Waals surface area (Å²) in [6.07, 6.45) is 6.80. The Morgan fingerprint density at radius 1 is 1.21 bits per heavy atom. The van der Waals surface area contributed by atoms with Gasteiger partial charge < -0.3 is 11.1 Å². The lowest BCUT2D eigenvalue weighted by molar-refractivity contribution is -0.120. The lowest BCUT2D eigenvalue weighted by Crippen LogP contribution is -2.54. The van der Waals surface area contributed by atoms with E-state index >= 15 is 0 Å². The number of nitrogens with two attached hydrogens (primary N) is 1. The molecule has 10 nitrogen and oxygen atoms in total. The van der Waals surface area contributed by atoms with Gasteiger partial charge in [-0.15, -0.1) is 11.3 Å². The number of amides is 2. The van der Waals surface area contributed by atoms with E-state index in [-0.39, 0.29) is 11.3 Å². The van der Waals surface area contributed by atoms with E-state index in [2.05, 4.69) is 39.2 Å². The largest absolute Gasteiger partial charge is 0.365 e. The van der Waals surface area contributed by atoms with Crippen LogP contribution < -0.4 is 11.1 Å². The molecule has 0 aliphatic carbocycles. The maximum atomic E-state index is 12.6. The number of pyridine rings is 1. The van der Waals surface area contributed by atoms with Crippen LogP contribution in [0, 0.1) is 12.3 Å².